The number of hydrogen-bond acceptors (Lipinski definition) is 9. The van der Waals surface area contributed by atoms with E-state index >= 15 is 0 Å². The first-order chi connectivity index (χ1) is 26.6. The Morgan fingerprint density at radius 2 is 1.65 bits per heavy atom. The van der Waals surface area contributed by atoms with Crippen LogP contribution in [-0.4, -0.2) is 83.2 Å². The third-order valence-electron chi connectivity index (χ3n) is 11.1. The van der Waals surface area contributed by atoms with Crippen LogP contribution in [0.2, 0.25) is 0 Å². The molecule has 8 rings (SSSR count). The highest BCUT2D eigenvalue weighted by Gasteiger charge is 2.62. The summed E-state index contributed by atoms with van der Waals surface area (Å²) in [6.45, 7) is -0.0802. The highest BCUT2D eigenvalue weighted by Crippen LogP contribution is 2.46. The monoisotopic (exact) mass is 768 g/mol. The van der Waals surface area contributed by atoms with Gasteiger partial charge in [0.05, 0.1) is 17.4 Å². The normalized spacial score (nSPS) is 26.9. The maximum Gasteiger partial charge on any atom is 0.259 e. The zero-order valence-corrected chi connectivity index (χ0v) is 30.8. The number of pyridine rings is 1. The molecule has 0 radical (unpaired) electrons. The van der Waals surface area contributed by atoms with Crippen LogP contribution in [0.5, 0.6) is 0 Å². The SMILES string of the molecule is O=C(N[C@H]1CCCCC/C=C\C2CC2(C(=O)NS(=O)(=O)C2CC2)NC(=O)[C@@H]2C[C@@H](ON=C3c4ccccc4-c4ccccc43)CN2C1=O)c1cccnc1F. The second-order valence-corrected chi connectivity index (χ2v) is 16.8. The molecule has 3 aromatic rings. The van der Waals surface area contributed by atoms with Gasteiger partial charge in [-0.3, -0.25) is 23.9 Å². The van der Waals surface area contributed by atoms with Gasteiger partial charge in [0.15, 0.2) is 0 Å². The number of allylic oxidation sites excluding steroid dienone is 1. The first-order valence-electron chi connectivity index (χ1n) is 18.8. The highest BCUT2D eigenvalue weighted by molar-refractivity contribution is 7.91. The third-order valence-corrected chi connectivity index (χ3v) is 12.9. The molecule has 2 saturated carbocycles. The molecule has 5 aliphatic rings. The summed E-state index contributed by atoms with van der Waals surface area (Å²) < 4.78 is 42.4. The van der Waals surface area contributed by atoms with Crippen molar-refractivity contribution < 1.29 is 36.8 Å². The predicted octanol–water partition coefficient (Wildman–Crippen LogP) is 3.74. The van der Waals surface area contributed by atoms with Gasteiger partial charge in [-0.15, -0.1) is 0 Å². The Bertz CT molecular complexity index is 2180. The Balaban J connectivity index is 1.10. The molecule has 55 heavy (non-hydrogen) atoms. The van der Waals surface area contributed by atoms with Gasteiger partial charge >= 0.3 is 0 Å². The van der Waals surface area contributed by atoms with E-state index in [4.69, 9.17) is 4.84 Å². The summed E-state index contributed by atoms with van der Waals surface area (Å²) in [6, 6.07) is 16.0. The lowest BCUT2D eigenvalue weighted by molar-refractivity contribution is -0.141. The number of oxime groups is 1. The van der Waals surface area contributed by atoms with E-state index < -0.39 is 74.5 Å². The fraction of sp³-hybridized carbons (Fsp3) is 0.400. The Morgan fingerprint density at radius 3 is 2.35 bits per heavy atom. The Labute approximate surface area is 317 Å². The smallest absolute Gasteiger partial charge is 0.259 e. The summed E-state index contributed by atoms with van der Waals surface area (Å²) in [5.74, 6) is -4.33. The molecule has 2 aromatic carbocycles. The predicted molar refractivity (Wildman–Crippen MR) is 199 cm³/mol. The van der Waals surface area contributed by atoms with Crippen molar-refractivity contribution in [1.29, 1.82) is 0 Å². The topological polar surface area (TPSA) is 176 Å². The van der Waals surface area contributed by atoms with Crippen LogP contribution < -0.4 is 15.4 Å². The minimum absolute atomic E-state index is 0.00583. The van der Waals surface area contributed by atoms with E-state index in [1.807, 2.05) is 60.7 Å². The van der Waals surface area contributed by atoms with Crippen LogP contribution in [0.1, 0.15) is 79.3 Å². The van der Waals surface area contributed by atoms with Gasteiger partial charge in [0, 0.05) is 29.7 Å². The average molecular weight is 769 g/mol. The van der Waals surface area contributed by atoms with Crippen molar-refractivity contribution in [2.45, 2.75) is 86.8 Å². The molecule has 15 heteroatoms. The molecule has 1 saturated heterocycles. The van der Waals surface area contributed by atoms with Crippen LogP contribution in [0, 0.1) is 11.9 Å². The second-order valence-electron chi connectivity index (χ2n) is 14.9. The van der Waals surface area contributed by atoms with Gasteiger partial charge in [-0.1, -0.05) is 78.7 Å². The van der Waals surface area contributed by atoms with Gasteiger partial charge in [-0.05, 0) is 61.8 Å². The molecule has 4 amide bonds. The Kier molecular flexibility index (Phi) is 9.74. The molecular formula is C40H41FN6O7S. The van der Waals surface area contributed by atoms with Crippen LogP contribution in [0.25, 0.3) is 11.1 Å². The largest absolute Gasteiger partial charge is 0.390 e. The fourth-order valence-corrected chi connectivity index (χ4v) is 9.21. The van der Waals surface area contributed by atoms with Crippen molar-refractivity contribution in [3.63, 3.8) is 0 Å². The van der Waals surface area contributed by atoms with E-state index in [-0.39, 0.29) is 31.4 Å². The van der Waals surface area contributed by atoms with Gasteiger partial charge in [0.1, 0.15) is 29.4 Å². The summed E-state index contributed by atoms with van der Waals surface area (Å²) in [7, 11) is -3.91. The first kappa shape index (κ1) is 36.5. The quantitative estimate of drug-likeness (QED) is 0.145. The molecule has 3 fully saturated rings. The number of aromatic nitrogens is 1. The lowest BCUT2D eigenvalue weighted by Gasteiger charge is -2.30. The molecule has 0 spiro atoms. The Morgan fingerprint density at radius 1 is 0.945 bits per heavy atom. The molecule has 0 bridgehead atoms. The van der Waals surface area contributed by atoms with Crippen molar-refractivity contribution in [3.8, 4) is 11.1 Å². The molecule has 286 valence electrons. The summed E-state index contributed by atoms with van der Waals surface area (Å²) in [5, 5.41) is 9.47. The number of rotatable bonds is 7. The maximum atomic E-state index is 14.6. The minimum Gasteiger partial charge on any atom is -0.390 e. The van der Waals surface area contributed by atoms with Crippen LogP contribution in [0.15, 0.2) is 84.2 Å². The summed E-state index contributed by atoms with van der Waals surface area (Å²) in [5.41, 5.74) is 2.49. The summed E-state index contributed by atoms with van der Waals surface area (Å²) in [4.78, 5) is 67.0. The number of fused-ring (bicyclic) bond motifs is 5. The molecule has 3 heterocycles. The van der Waals surface area contributed by atoms with Gasteiger partial charge in [0.2, 0.25) is 27.8 Å². The zero-order valence-electron chi connectivity index (χ0n) is 29.9. The van der Waals surface area contributed by atoms with Crippen LogP contribution >= 0.6 is 0 Å². The molecular weight excluding hydrogens is 728 g/mol. The summed E-state index contributed by atoms with van der Waals surface area (Å²) in [6.07, 6.45) is 8.16. The average Bonchev–Trinajstić information content (AvgIpc) is 4.08. The van der Waals surface area contributed by atoms with Crippen molar-refractivity contribution in [3.05, 3.63) is 102 Å². The number of halogens is 1. The number of benzene rings is 2. The van der Waals surface area contributed by atoms with E-state index in [0.29, 0.717) is 37.8 Å². The fourth-order valence-electron chi connectivity index (χ4n) is 7.85. The van der Waals surface area contributed by atoms with Crippen molar-refractivity contribution in [1.82, 2.24) is 25.2 Å². The van der Waals surface area contributed by atoms with E-state index in [2.05, 4.69) is 25.5 Å². The molecule has 5 atom stereocenters. The summed E-state index contributed by atoms with van der Waals surface area (Å²) >= 11 is 0. The van der Waals surface area contributed by atoms with Crippen molar-refractivity contribution in [2.75, 3.05) is 6.54 Å². The van der Waals surface area contributed by atoms with Crippen LogP contribution in [0.3, 0.4) is 0 Å². The van der Waals surface area contributed by atoms with E-state index in [0.717, 1.165) is 28.7 Å². The highest BCUT2D eigenvalue weighted by atomic mass is 32.2. The van der Waals surface area contributed by atoms with Gasteiger partial charge in [-0.2, -0.15) is 4.39 Å². The third kappa shape index (κ3) is 7.24. The van der Waals surface area contributed by atoms with Gasteiger partial charge < -0.3 is 20.4 Å². The van der Waals surface area contributed by atoms with Gasteiger partial charge in [-0.25, -0.2) is 13.4 Å². The molecule has 2 aliphatic heterocycles. The van der Waals surface area contributed by atoms with Crippen LogP contribution in [-0.2, 0) is 29.2 Å². The van der Waals surface area contributed by atoms with E-state index in [1.54, 1.807) is 0 Å². The van der Waals surface area contributed by atoms with E-state index in [1.165, 1.54) is 23.2 Å². The first-order valence-corrected chi connectivity index (χ1v) is 20.3. The number of carbonyl (C=O) groups is 4. The standard InChI is InChI=1S/C40H41FN6O7S/c41-35-31(16-10-20-42-35)36(48)43-32-17-5-3-1-2-4-11-24-22-40(24,39(51)46-55(52,53)26-18-19-26)44-37(49)33-21-25(23-47(33)38(32)50)54-45-34-29-14-8-6-12-27(29)28-13-7-9-15-30(28)34/h4,6-16,20,24-26,32-33H,1-3,5,17-19,21-23H2,(H,43,48)(H,44,49)(H,46,51)/b11-4-/t24?,25-,32+,33+,40?/m1/s1. The minimum atomic E-state index is -3.91. The number of carbonyl (C=O) groups excluding carboxylic acids is 4. The zero-order chi connectivity index (χ0) is 38.3. The Hall–Kier alpha value is -5.44. The molecule has 3 N–H and O–H groups in total. The number of nitrogens with zero attached hydrogens (tertiary/aromatic N) is 3. The number of hydrogen-bond donors (Lipinski definition) is 3. The number of sulfonamides is 1. The van der Waals surface area contributed by atoms with Crippen molar-refractivity contribution in [2.24, 2.45) is 11.1 Å². The van der Waals surface area contributed by atoms with E-state index in [9.17, 15) is 32.0 Å². The van der Waals surface area contributed by atoms with Gasteiger partial charge in [0.25, 0.3) is 11.8 Å². The molecule has 3 aliphatic carbocycles. The lowest BCUT2D eigenvalue weighted by Crippen LogP contribution is -2.58. The number of amides is 4. The number of nitrogens with one attached hydrogen (secondary N) is 3. The maximum absolute atomic E-state index is 14.6. The molecule has 2 unspecified atom stereocenters. The second kappa shape index (κ2) is 14.7. The lowest BCUT2D eigenvalue weighted by atomic mass is 10.0. The molecule has 13 nitrogen and oxygen atoms in total. The van der Waals surface area contributed by atoms with Crippen LogP contribution in [0.4, 0.5) is 4.39 Å². The molecule has 1 aromatic heterocycles. The van der Waals surface area contributed by atoms with Crippen molar-refractivity contribution >= 4 is 39.4 Å².